The minimum atomic E-state index is -0.491. The molecule has 0 atom stereocenters. The van der Waals surface area contributed by atoms with Gasteiger partial charge >= 0.3 is 0 Å². The van der Waals surface area contributed by atoms with E-state index in [2.05, 4.69) is 5.32 Å². The fourth-order valence-corrected chi connectivity index (χ4v) is 4.51. The van der Waals surface area contributed by atoms with Gasteiger partial charge in [0.25, 0.3) is 17.1 Å². The van der Waals surface area contributed by atoms with Crippen molar-refractivity contribution in [2.24, 2.45) is 0 Å². The SMILES string of the molecule is Cc1ccc(NC(=O)COc2ccc(Cl)cc2/C=C2\SC(=O)N(Cc3ccc(F)cc3)C2=O)cc1Cl. The molecule has 184 valence electrons. The molecule has 0 aliphatic carbocycles. The summed E-state index contributed by atoms with van der Waals surface area (Å²) in [5.41, 5.74) is 2.47. The maximum atomic E-state index is 13.2. The summed E-state index contributed by atoms with van der Waals surface area (Å²) in [6.07, 6.45) is 1.49. The second-order valence-corrected chi connectivity index (χ2v) is 9.71. The third-order valence-corrected chi connectivity index (χ3v) is 6.75. The molecule has 36 heavy (non-hydrogen) atoms. The topological polar surface area (TPSA) is 75.7 Å². The van der Waals surface area contributed by atoms with Crippen LogP contribution in [0.15, 0.2) is 65.6 Å². The molecule has 0 saturated carbocycles. The highest BCUT2D eigenvalue weighted by Crippen LogP contribution is 2.35. The molecule has 1 fully saturated rings. The van der Waals surface area contributed by atoms with Gasteiger partial charge in [0.05, 0.1) is 11.4 Å². The molecule has 1 saturated heterocycles. The fraction of sp³-hybridized carbons (Fsp3) is 0.115. The van der Waals surface area contributed by atoms with Gasteiger partial charge in [-0.15, -0.1) is 0 Å². The number of halogens is 3. The number of nitrogens with one attached hydrogen (secondary N) is 1. The van der Waals surface area contributed by atoms with Crippen LogP contribution in [0.2, 0.25) is 10.0 Å². The van der Waals surface area contributed by atoms with E-state index in [1.54, 1.807) is 36.4 Å². The first-order valence-electron chi connectivity index (χ1n) is 10.7. The first-order valence-corrected chi connectivity index (χ1v) is 12.2. The highest BCUT2D eigenvalue weighted by atomic mass is 35.5. The molecule has 0 spiro atoms. The van der Waals surface area contributed by atoms with Gasteiger partial charge in [-0.1, -0.05) is 41.4 Å². The largest absolute Gasteiger partial charge is 0.483 e. The maximum absolute atomic E-state index is 13.2. The van der Waals surface area contributed by atoms with Crippen molar-refractivity contribution in [3.05, 3.63) is 98.1 Å². The molecule has 3 aromatic rings. The Morgan fingerprint density at radius 3 is 2.56 bits per heavy atom. The van der Waals surface area contributed by atoms with Gasteiger partial charge < -0.3 is 10.1 Å². The van der Waals surface area contributed by atoms with E-state index < -0.39 is 22.9 Å². The molecule has 1 aliphatic rings. The normalized spacial score (nSPS) is 14.4. The summed E-state index contributed by atoms with van der Waals surface area (Å²) in [6.45, 7) is 1.57. The number of ether oxygens (including phenoxy) is 1. The number of thioether (sulfide) groups is 1. The van der Waals surface area contributed by atoms with E-state index in [4.69, 9.17) is 27.9 Å². The van der Waals surface area contributed by atoms with Crippen LogP contribution in [0.3, 0.4) is 0 Å². The second kappa shape index (κ2) is 11.2. The van der Waals surface area contributed by atoms with Crippen molar-refractivity contribution < 1.29 is 23.5 Å². The molecule has 3 aromatic carbocycles. The van der Waals surface area contributed by atoms with E-state index in [0.29, 0.717) is 32.6 Å². The molecule has 1 aliphatic heterocycles. The highest BCUT2D eigenvalue weighted by Gasteiger charge is 2.35. The summed E-state index contributed by atoms with van der Waals surface area (Å²) < 4.78 is 18.9. The zero-order chi connectivity index (χ0) is 25.8. The number of hydrogen-bond acceptors (Lipinski definition) is 5. The summed E-state index contributed by atoms with van der Waals surface area (Å²) in [7, 11) is 0. The van der Waals surface area contributed by atoms with Gasteiger partial charge in [-0.25, -0.2) is 4.39 Å². The van der Waals surface area contributed by atoms with E-state index in [-0.39, 0.29) is 18.1 Å². The molecule has 1 heterocycles. The lowest BCUT2D eigenvalue weighted by Crippen LogP contribution is -2.27. The van der Waals surface area contributed by atoms with Crippen LogP contribution in [0.5, 0.6) is 5.75 Å². The third-order valence-electron chi connectivity index (χ3n) is 5.20. The van der Waals surface area contributed by atoms with Gasteiger partial charge in [0.2, 0.25) is 0 Å². The van der Waals surface area contributed by atoms with E-state index in [9.17, 15) is 18.8 Å². The molecule has 6 nitrogen and oxygen atoms in total. The molecule has 3 amide bonds. The van der Waals surface area contributed by atoms with Gasteiger partial charge in [0, 0.05) is 21.3 Å². The number of nitrogens with zero attached hydrogens (tertiary/aromatic N) is 1. The van der Waals surface area contributed by atoms with Crippen LogP contribution in [-0.2, 0) is 16.1 Å². The quantitative estimate of drug-likeness (QED) is 0.335. The average Bonchev–Trinajstić information content (AvgIpc) is 3.09. The third kappa shape index (κ3) is 6.26. The Kier molecular flexibility index (Phi) is 7.98. The number of amides is 3. The Bertz CT molecular complexity index is 1380. The molecule has 0 bridgehead atoms. The summed E-state index contributed by atoms with van der Waals surface area (Å²) in [5.74, 6) is -0.996. The van der Waals surface area contributed by atoms with E-state index >= 15 is 0 Å². The predicted molar refractivity (Wildman–Crippen MR) is 140 cm³/mol. The smallest absolute Gasteiger partial charge is 0.293 e. The van der Waals surface area contributed by atoms with Crippen molar-refractivity contribution in [1.82, 2.24) is 4.90 Å². The van der Waals surface area contributed by atoms with Crippen LogP contribution >= 0.6 is 35.0 Å². The van der Waals surface area contributed by atoms with Crippen molar-refractivity contribution in [3.8, 4) is 5.75 Å². The number of carbonyl (C=O) groups is 3. The highest BCUT2D eigenvalue weighted by molar-refractivity contribution is 8.18. The van der Waals surface area contributed by atoms with Gasteiger partial charge in [0.15, 0.2) is 6.61 Å². The second-order valence-electron chi connectivity index (χ2n) is 7.88. The van der Waals surface area contributed by atoms with Crippen LogP contribution in [0.4, 0.5) is 14.9 Å². The fourth-order valence-electron chi connectivity index (χ4n) is 3.32. The summed E-state index contributed by atoms with van der Waals surface area (Å²) >= 11 is 13.0. The standard InChI is InChI=1S/C26H19Cl2FN2O4S/c1-15-2-8-20(12-21(15)28)30-24(32)14-35-22-9-5-18(27)10-17(22)11-23-25(33)31(26(34)36-23)13-16-3-6-19(29)7-4-16/h2-12H,13-14H2,1H3,(H,30,32)/b23-11-. The Labute approximate surface area is 221 Å². The lowest BCUT2D eigenvalue weighted by Gasteiger charge is -2.12. The zero-order valence-electron chi connectivity index (χ0n) is 18.9. The monoisotopic (exact) mass is 544 g/mol. The van der Waals surface area contributed by atoms with Crippen molar-refractivity contribution in [2.75, 3.05) is 11.9 Å². The number of hydrogen-bond donors (Lipinski definition) is 1. The number of rotatable bonds is 7. The van der Waals surface area contributed by atoms with Crippen LogP contribution in [0, 0.1) is 12.7 Å². The summed E-state index contributed by atoms with van der Waals surface area (Å²) in [4.78, 5) is 39.0. The van der Waals surface area contributed by atoms with E-state index in [1.807, 2.05) is 6.92 Å². The van der Waals surface area contributed by atoms with Crippen molar-refractivity contribution in [3.63, 3.8) is 0 Å². The Morgan fingerprint density at radius 2 is 1.83 bits per heavy atom. The number of aryl methyl sites for hydroxylation is 1. The number of anilines is 1. The first-order chi connectivity index (χ1) is 17.2. The lowest BCUT2D eigenvalue weighted by atomic mass is 10.1. The minimum absolute atomic E-state index is 0.0182. The van der Waals surface area contributed by atoms with Gasteiger partial charge in [-0.3, -0.25) is 19.3 Å². The van der Waals surface area contributed by atoms with Crippen molar-refractivity contribution in [2.45, 2.75) is 13.5 Å². The molecule has 0 radical (unpaired) electrons. The molecular formula is C26H19Cl2FN2O4S. The molecule has 0 unspecified atom stereocenters. The van der Waals surface area contributed by atoms with E-state index in [0.717, 1.165) is 22.2 Å². The first kappa shape index (κ1) is 25.8. The zero-order valence-corrected chi connectivity index (χ0v) is 21.2. The van der Waals surface area contributed by atoms with E-state index in [1.165, 1.54) is 30.3 Å². The number of benzene rings is 3. The van der Waals surface area contributed by atoms with Crippen LogP contribution in [0.1, 0.15) is 16.7 Å². The average molecular weight is 545 g/mol. The summed E-state index contributed by atoms with van der Waals surface area (Å²) in [5, 5.41) is 3.18. The molecular weight excluding hydrogens is 526 g/mol. The Hall–Kier alpha value is -3.33. The summed E-state index contributed by atoms with van der Waals surface area (Å²) in [6, 6.07) is 15.5. The molecule has 1 N–H and O–H groups in total. The van der Waals surface area contributed by atoms with Crippen LogP contribution < -0.4 is 10.1 Å². The predicted octanol–water partition coefficient (Wildman–Crippen LogP) is 6.69. The Morgan fingerprint density at radius 1 is 1.08 bits per heavy atom. The lowest BCUT2D eigenvalue weighted by molar-refractivity contribution is -0.123. The Balaban J connectivity index is 1.47. The van der Waals surface area contributed by atoms with Gasteiger partial charge in [0.1, 0.15) is 11.6 Å². The number of carbonyl (C=O) groups excluding carboxylic acids is 3. The minimum Gasteiger partial charge on any atom is -0.483 e. The molecule has 0 aromatic heterocycles. The van der Waals surface area contributed by atoms with Gasteiger partial charge in [-0.05, 0) is 78.4 Å². The molecule has 10 heteroatoms. The van der Waals surface area contributed by atoms with Crippen molar-refractivity contribution in [1.29, 1.82) is 0 Å². The maximum Gasteiger partial charge on any atom is 0.293 e. The number of imide groups is 1. The van der Waals surface area contributed by atoms with Crippen LogP contribution in [-0.4, -0.2) is 28.6 Å². The van der Waals surface area contributed by atoms with Crippen LogP contribution in [0.25, 0.3) is 6.08 Å². The van der Waals surface area contributed by atoms with Gasteiger partial charge in [-0.2, -0.15) is 0 Å². The molecule has 4 rings (SSSR count). The van der Waals surface area contributed by atoms with Crippen molar-refractivity contribution >= 4 is 63.8 Å².